The lowest BCUT2D eigenvalue weighted by atomic mass is 10.1. The van der Waals surface area contributed by atoms with E-state index in [-0.39, 0.29) is 17.2 Å². The number of benzene rings is 2. The molecule has 0 atom stereocenters. The lowest BCUT2D eigenvalue weighted by Crippen LogP contribution is -2.03. The number of rotatable bonds is 4. The summed E-state index contributed by atoms with van der Waals surface area (Å²) in [5, 5.41) is 0. The number of aromatic amines is 1. The largest absolute Gasteiger partial charge is 0.335 e. The first-order valence-electron chi connectivity index (χ1n) is 6.60. The van der Waals surface area contributed by atoms with Crippen molar-refractivity contribution in [2.45, 2.75) is 0 Å². The molecule has 1 heterocycles. The van der Waals surface area contributed by atoms with Gasteiger partial charge in [-0.15, -0.1) is 0 Å². The van der Waals surface area contributed by atoms with E-state index in [9.17, 15) is 14.0 Å². The van der Waals surface area contributed by atoms with E-state index in [1.165, 1.54) is 30.3 Å². The van der Waals surface area contributed by atoms with Gasteiger partial charge in [0, 0.05) is 11.1 Å². The molecule has 4 nitrogen and oxygen atoms in total. The Hall–Kier alpha value is -3.08. The van der Waals surface area contributed by atoms with Crippen LogP contribution in [0.15, 0.2) is 48.5 Å². The van der Waals surface area contributed by atoms with Gasteiger partial charge in [0.1, 0.15) is 12.1 Å². The molecule has 0 unspecified atom stereocenters. The van der Waals surface area contributed by atoms with Crippen LogP contribution in [0.25, 0.3) is 17.1 Å². The van der Waals surface area contributed by atoms with Gasteiger partial charge in [0.25, 0.3) is 0 Å². The summed E-state index contributed by atoms with van der Waals surface area (Å²) in [6, 6.07) is 10.8. The average molecular weight is 294 g/mol. The van der Waals surface area contributed by atoms with Crippen LogP contribution in [-0.4, -0.2) is 22.0 Å². The molecular weight excluding hydrogens is 283 g/mol. The summed E-state index contributed by atoms with van der Waals surface area (Å²) in [6.45, 7) is 0. The first kappa shape index (κ1) is 13.9. The van der Waals surface area contributed by atoms with Crippen molar-refractivity contribution >= 4 is 29.2 Å². The fraction of sp³-hybridized carbons (Fsp3) is 0. The van der Waals surface area contributed by atoms with Crippen molar-refractivity contribution in [1.29, 1.82) is 0 Å². The Balaban J connectivity index is 2.07. The highest BCUT2D eigenvalue weighted by Gasteiger charge is 2.15. The Morgan fingerprint density at radius 2 is 2.00 bits per heavy atom. The first-order chi connectivity index (χ1) is 10.7. The third-order valence-corrected chi connectivity index (χ3v) is 3.20. The highest BCUT2D eigenvalue weighted by atomic mass is 19.1. The second-order valence-electron chi connectivity index (χ2n) is 4.66. The molecule has 1 aromatic heterocycles. The third kappa shape index (κ3) is 2.56. The van der Waals surface area contributed by atoms with Crippen LogP contribution in [0.4, 0.5) is 4.39 Å². The number of allylic oxidation sites excluding steroid dienone is 1. The molecule has 3 aromatic rings. The lowest BCUT2D eigenvalue weighted by molar-refractivity contribution is -0.104. The molecule has 5 heteroatoms. The molecule has 0 fully saturated rings. The molecule has 0 aliphatic rings. The lowest BCUT2D eigenvalue weighted by Gasteiger charge is -1.97. The maximum absolute atomic E-state index is 13.2. The average Bonchev–Trinajstić information content (AvgIpc) is 2.96. The van der Waals surface area contributed by atoms with E-state index in [1.807, 2.05) is 0 Å². The zero-order valence-corrected chi connectivity index (χ0v) is 11.4. The van der Waals surface area contributed by atoms with Crippen LogP contribution < -0.4 is 0 Å². The van der Waals surface area contributed by atoms with Crippen LogP contribution in [-0.2, 0) is 4.79 Å². The van der Waals surface area contributed by atoms with Crippen LogP contribution in [0.1, 0.15) is 21.7 Å². The number of ketones is 1. The number of carbonyl (C=O) groups excluding carboxylic acids is 2. The molecule has 0 aliphatic carbocycles. The Labute approximate surface area is 125 Å². The Morgan fingerprint density at radius 1 is 1.18 bits per heavy atom. The van der Waals surface area contributed by atoms with Gasteiger partial charge in [-0.1, -0.05) is 24.3 Å². The van der Waals surface area contributed by atoms with Crippen LogP contribution in [0.5, 0.6) is 0 Å². The van der Waals surface area contributed by atoms with E-state index in [0.29, 0.717) is 17.3 Å². The second-order valence-corrected chi connectivity index (χ2v) is 4.66. The zero-order chi connectivity index (χ0) is 15.5. The number of para-hydroxylation sites is 1. The first-order valence-corrected chi connectivity index (χ1v) is 6.60. The van der Waals surface area contributed by atoms with E-state index < -0.39 is 5.82 Å². The minimum Gasteiger partial charge on any atom is -0.335 e. The number of nitrogens with one attached hydrogen (secondary N) is 1. The number of hydrogen-bond acceptors (Lipinski definition) is 3. The van der Waals surface area contributed by atoms with Crippen molar-refractivity contribution < 1.29 is 14.0 Å². The molecule has 0 bridgehead atoms. The highest BCUT2D eigenvalue weighted by Crippen LogP contribution is 2.19. The van der Waals surface area contributed by atoms with Crippen LogP contribution >= 0.6 is 0 Å². The minimum atomic E-state index is -0.475. The number of aromatic nitrogens is 2. The van der Waals surface area contributed by atoms with Gasteiger partial charge in [-0.25, -0.2) is 9.37 Å². The van der Waals surface area contributed by atoms with Crippen molar-refractivity contribution in [1.82, 2.24) is 9.97 Å². The van der Waals surface area contributed by atoms with Crippen LogP contribution in [0, 0.1) is 5.82 Å². The number of aldehydes is 1. The molecule has 108 valence electrons. The molecule has 0 radical (unpaired) electrons. The van der Waals surface area contributed by atoms with Crippen molar-refractivity contribution in [2.24, 2.45) is 0 Å². The Kier molecular flexibility index (Phi) is 3.62. The van der Waals surface area contributed by atoms with Gasteiger partial charge >= 0.3 is 0 Å². The number of nitrogens with zero attached hydrogens (tertiary/aromatic N) is 1. The molecule has 0 saturated heterocycles. The molecule has 0 saturated carbocycles. The highest BCUT2D eigenvalue weighted by molar-refractivity contribution is 6.08. The zero-order valence-electron chi connectivity index (χ0n) is 11.4. The van der Waals surface area contributed by atoms with Crippen molar-refractivity contribution in [3.05, 3.63) is 71.3 Å². The van der Waals surface area contributed by atoms with Crippen LogP contribution in [0.3, 0.4) is 0 Å². The summed E-state index contributed by atoms with van der Waals surface area (Å²) in [6.07, 6.45) is 3.65. The maximum atomic E-state index is 13.2. The predicted octanol–water partition coefficient (Wildman–Crippen LogP) is 3.15. The predicted molar refractivity (Wildman–Crippen MR) is 81.0 cm³/mol. The number of H-pyrrole nitrogens is 1. The molecule has 2 aromatic carbocycles. The van der Waals surface area contributed by atoms with Crippen LogP contribution in [0.2, 0.25) is 0 Å². The van der Waals surface area contributed by atoms with E-state index in [0.717, 1.165) is 5.56 Å². The minimum absolute atomic E-state index is 0.132. The number of halogens is 1. The fourth-order valence-electron chi connectivity index (χ4n) is 2.21. The summed E-state index contributed by atoms with van der Waals surface area (Å²) in [4.78, 5) is 30.0. The van der Waals surface area contributed by atoms with E-state index in [4.69, 9.17) is 0 Å². The molecule has 0 amide bonds. The summed E-state index contributed by atoms with van der Waals surface area (Å²) >= 11 is 0. The third-order valence-electron chi connectivity index (χ3n) is 3.20. The quantitative estimate of drug-likeness (QED) is 0.457. The SMILES string of the molecule is O=C/C=C/c1cccc2[nH]c(C(=O)c3cccc(F)c3)nc12. The Morgan fingerprint density at radius 3 is 2.77 bits per heavy atom. The van der Waals surface area contributed by atoms with Crippen molar-refractivity contribution in [3.8, 4) is 0 Å². The van der Waals surface area contributed by atoms with Crippen molar-refractivity contribution in [2.75, 3.05) is 0 Å². The van der Waals surface area contributed by atoms with Gasteiger partial charge in [0.2, 0.25) is 5.78 Å². The molecular formula is C17H11FN2O2. The molecule has 1 N–H and O–H groups in total. The normalized spacial score (nSPS) is 11.1. The second kappa shape index (κ2) is 5.73. The summed E-state index contributed by atoms with van der Waals surface area (Å²) in [5.41, 5.74) is 2.20. The fourth-order valence-corrected chi connectivity index (χ4v) is 2.21. The van der Waals surface area contributed by atoms with Gasteiger partial charge in [0.05, 0.1) is 11.0 Å². The summed E-state index contributed by atoms with van der Waals surface area (Å²) < 4.78 is 13.2. The molecule has 0 spiro atoms. The monoisotopic (exact) mass is 294 g/mol. The smallest absolute Gasteiger partial charge is 0.228 e. The van der Waals surface area contributed by atoms with Gasteiger partial charge in [-0.2, -0.15) is 0 Å². The van der Waals surface area contributed by atoms with Gasteiger partial charge in [0.15, 0.2) is 5.82 Å². The molecule has 0 aliphatic heterocycles. The standard InChI is InChI=1S/C17H11FN2O2/c18-13-7-1-5-12(10-13)16(22)17-19-14-8-2-4-11(6-3-9-21)15(14)20-17/h1-10H,(H,19,20)/b6-3+. The summed E-state index contributed by atoms with van der Waals surface area (Å²) in [5.74, 6) is -0.731. The maximum Gasteiger partial charge on any atom is 0.228 e. The van der Waals surface area contributed by atoms with Gasteiger partial charge < -0.3 is 4.98 Å². The molecule has 3 rings (SSSR count). The topological polar surface area (TPSA) is 62.8 Å². The van der Waals surface area contributed by atoms with E-state index >= 15 is 0 Å². The number of hydrogen-bond donors (Lipinski definition) is 1. The van der Waals surface area contributed by atoms with E-state index in [1.54, 1.807) is 24.3 Å². The number of carbonyl (C=O) groups is 2. The van der Waals surface area contributed by atoms with Crippen molar-refractivity contribution in [3.63, 3.8) is 0 Å². The van der Waals surface area contributed by atoms with E-state index in [2.05, 4.69) is 9.97 Å². The number of fused-ring (bicyclic) bond motifs is 1. The van der Waals surface area contributed by atoms with Gasteiger partial charge in [-0.3, -0.25) is 9.59 Å². The Bertz CT molecular complexity index is 897. The number of imidazole rings is 1. The summed E-state index contributed by atoms with van der Waals surface area (Å²) in [7, 11) is 0. The van der Waals surface area contributed by atoms with Gasteiger partial charge in [-0.05, 0) is 30.4 Å². The molecule has 22 heavy (non-hydrogen) atoms.